The van der Waals surface area contributed by atoms with Crippen LogP contribution in [-0.4, -0.2) is 18.8 Å². The summed E-state index contributed by atoms with van der Waals surface area (Å²) in [5.74, 6) is -0.823. The Morgan fingerprint density at radius 3 is 2.65 bits per heavy atom. The number of nitrogens with one attached hydrogen (secondary N) is 1. The molecular weight excluding hydrogens is 261 g/mol. The molecule has 2 aromatic carbocycles. The molecule has 2 aromatic rings. The van der Waals surface area contributed by atoms with Crippen molar-refractivity contribution in [2.24, 2.45) is 0 Å². The lowest BCUT2D eigenvalue weighted by Crippen LogP contribution is -2.20. The van der Waals surface area contributed by atoms with Crippen molar-refractivity contribution < 1.29 is 18.7 Å². The number of carbonyl (C=O) groups is 2. The van der Waals surface area contributed by atoms with Gasteiger partial charge in [-0.3, -0.25) is 9.59 Å². The Balaban J connectivity index is 1.93. The molecule has 0 saturated heterocycles. The fourth-order valence-electron chi connectivity index (χ4n) is 1.60. The largest absolute Gasteiger partial charge is 0.484 e. The molecule has 0 bridgehead atoms. The SMILES string of the molecule is O=Cc1cc(F)cc(OCC(=O)Nc2ccccc2)c1. The number of ether oxygens (including phenoxy) is 1. The van der Waals surface area contributed by atoms with Gasteiger partial charge in [-0.1, -0.05) is 18.2 Å². The van der Waals surface area contributed by atoms with E-state index in [0.717, 1.165) is 12.1 Å². The van der Waals surface area contributed by atoms with Crippen molar-refractivity contribution in [1.82, 2.24) is 0 Å². The summed E-state index contributed by atoms with van der Waals surface area (Å²) >= 11 is 0. The average molecular weight is 273 g/mol. The summed E-state index contributed by atoms with van der Waals surface area (Å²) in [5.41, 5.74) is 0.803. The summed E-state index contributed by atoms with van der Waals surface area (Å²) in [4.78, 5) is 22.2. The van der Waals surface area contributed by atoms with Crippen molar-refractivity contribution in [3.05, 3.63) is 59.9 Å². The summed E-state index contributed by atoms with van der Waals surface area (Å²) in [7, 11) is 0. The quantitative estimate of drug-likeness (QED) is 0.852. The number of para-hydroxylation sites is 1. The van der Waals surface area contributed by atoms with Crippen LogP contribution in [0.25, 0.3) is 0 Å². The molecule has 0 aliphatic rings. The Kier molecular flexibility index (Phi) is 4.44. The molecule has 0 saturated carbocycles. The zero-order valence-corrected chi connectivity index (χ0v) is 10.5. The van der Waals surface area contributed by atoms with Crippen LogP contribution in [0.5, 0.6) is 5.75 Å². The highest BCUT2D eigenvalue weighted by Gasteiger charge is 2.05. The van der Waals surface area contributed by atoms with Crippen LogP contribution in [0.1, 0.15) is 10.4 Å². The molecule has 2 rings (SSSR count). The molecule has 0 radical (unpaired) electrons. The summed E-state index contributed by atoms with van der Waals surface area (Å²) < 4.78 is 18.3. The van der Waals surface area contributed by atoms with Gasteiger partial charge in [0.2, 0.25) is 0 Å². The first-order valence-corrected chi connectivity index (χ1v) is 5.91. The molecule has 0 spiro atoms. The van der Waals surface area contributed by atoms with Crippen molar-refractivity contribution in [3.63, 3.8) is 0 Å². The van der Waals surface area contributed by atoms with Crippen LogP contribution in [0.2, 0.25) is 0 Å². The maximum Gasteiger partial charge on any atom is 0.262 e. The average Bonchev–Trinajstić information content (AvgIpc) is 2.45. The summed E-state index contributed by atoms with van der Waals surface area (Å²) in [6.45, 7) is -0.267. The Morgan fingerprint density at radius 2 is 1.95 bits per heavy atom. The van der Waals surface area contributed by atoms with Crippen LogP contribution in [-0.2, 0) is 4.79 Å². The molecular formula is C15H12FNO3. The van der Waals surface area contributed by atoms with Gasteiger partial charge in [0.25, 0.3) is 5.91 Å². The van der Waals surface area contributed by atoms with E-state index in [9.17, 15) is 14.0 Å². The molecule has 4 nitrogen and oxygen atoms in total. The lowest BCUT2D eigenvalue weighted by Gasteiger charge is -2.08. The monoisotopic (exact) mass is 273 g/mol. The fourth-order valence-corrected chi connectivity index (χ4v) is 1.60. The first kappa shape index (κ1) is 13.7. The molecule has 20 heavy (non-hydrogen) atoms. The third-order valence-electron chi connectivity index (χ3n) is 2.46. The number of anilines is 1. The molecule has 0 fully saturated rings. The first-order valence-electron chi connectivity index (χ1n) is 5.91. The number of carbonyl (C=O) groups excluding carboxylic acids is 2. The van der Waals surface area contributed by atoms with Crippen LogP contribution in [0, 0.1) is 5.82 Å². The fraction of sp³-hybridized carbons (Fsp3) is 0.0667. The number of halogens is 1. The Hall–Kier alpha value is -2.69. The lowest BCUT2D eigenvalue weighted by molar-refractivity contribution is -0.118. The van der Waals surface area contributed by atoms with Gasteiger partial charge in [-0.15, -0.1) is 0 Å². The summed E-state index contributed by atoms with van der Waals surface area (Å²) in [6.07, 6.45) is 0.514. The molecule has 0 atom stereocenters. The zero-order chi connectivity index (χ0) is 14.4. The Morgan fingerprint density at radius 1 is 1.20 bits per heavy atom. The van der Waals surface area contributed by atoms with Gasteiger partial charge < -0.3 is 10.1 Å². The molecule has 0 unspecified atom stereocenters. The van der Waals surface area contributed by atoms with E-state index in [2.05, 4.69) is 5.32 Å². The maximum atomic E-state index is 13.1. The minimum absolute atomic E-state index is 0.135. The van der Waals surface area contributed by atoms with Crippen molar-refractivity contribution >= 4 is 17.9 Å². The molecule has 0 aliphatic heterocycles. The predicted octanol–water partition coefficient (Wildman–Crippen LogP) is 2.66. The lowest BCUT2D eigenvalue weighted by atomic mass is 10.2. The van der Waals surface area contributed by atoms with Crippen LogP contribution in [0.3, 0.4) is 0 Å². The summed E-state index contributed by atoms with van der Waals surface area (Å²) in [6, 6.07) is 12.5. The molecule has 1 amide bonds. The number of hydrogen-bond acceptors (Lipinski definition) is 3. The van der Waals surface area contributed by atoms with E-state index in [1.807, 2.05) is 6.07 Å². The first-order chi connectivity index (χ1) is 9.67. The van der Waals surface area contributed by atoms with Gasteiger partial charge in [0, 0.05) is 17.3 Å². The van der Waals surface area contributed by atoms with Gasteiger partial charge in [0.15, 0.2) is 6.61 Å². The molecule has 102 valence electrons. The highest BCUT2D eigenvalue weighted by atomic mass is 19.1. The minimum atomic E-state index is -0.590. The third-order valence-corrected chi connectivity index (χ3v) is 2.46. The number of benzene rings is 2. The zero-order valence-electron chi connectivity index (χ0n) is 10.5. The normalized spacial score (nSPS) is 9.85. The van der Waals surface area contributed by atoms with Gasteiger partial charge in [-0.2, -0.15) is 0 Å². The second-order valence-corrected chi connectivity index (χ2v) is 4.04. The smallest absolute Gasteiger partial charge is 0.262 e. The van der Waals surface area contributed by atoms with Crippen molar-refractivity contribution in [3.8, 4) is 5.75 Å². The Labute approximate surface area is 115 Å². The van der Waals surface area contributed by atoms with Crippen LogP contribution in [0.15, 0.2) is 48.5 Å². The van der Waals surface area contributed by atoms with Crippen molar-refractivity contribution in [2.45, 2.75) is 0 Å². The molecule has 1 N–H and O–H groups in total. The van der Waals surface area contributed by atoms with Gasteiger partial charge in [0.1, 0.15) is 17.9 Å². The molecule has 0 aromatic heterocycles. The molecule has 5 heteroatoms. The second-order valence-electron chi connectivity index (χ2n) is 4.04. The number of aldehydes is 1. The van der Waals surface area contributed by atoms with E-state index in [0.29, 0.717) is 12.0 Å². The Bertz CT molecular complexity index is 614. The number of hydrogen-bond donors (Lipinski definition) is 1. The summed E-state index contributed by atoms with van der Waals surface area (Å²) in [5, 5.41) is 2.63. The van der Waals surface area contributed by atoms with E-state index in [-0.39, 0.29) is 23.8 Å². The van der Waals surface area contributed by atoms with E-state index < -0.39 is 5.82 Å². The van der Waals surface area contributed by atoms with E-state index in [1.54, 1.807) is 24.3 Å². The predicted molar refractivity (Wildman–Crippen MR) is 72.4 cm³/mol. The number of rotatable bonds is 5. The van der Waals surface area contributed by atoms with E-state index >= 15 is 0 Å². The third kappa shape index (κ3) is 3.91. The van der Waals surface area contributed by atoms with Gasteiger partial charge in [0.05, 0.1) is 0 Å². The van der Waals surface area contributed by atoms with Crippen molar-refractivity contribution in [2.75, 3.05) is 11.9 Å². The number of amides is 1. The van der Waals surface area contributed by atoms with Crippen LogP contribution < -0.4 is 10.1 Å². The van der Waals surface area contributed by atoms with E-state index in [1.165, 1.54) is 6.07 Å². The highest BCUT2D eigenvalue weighted by Crippen LogP contribution is 2.15. The van der Waals surface area contributed by atoms with Crippen molar-refractivity contribution in [1.29, 1.82) is 0 Å². The van der Waals surface area contributed by atoms with Gasteiger partial charge in [-0.05, 0) is 24.3 Å². The van der Waals surface area contributed by atoms with E-state index in [4.69, 9.17) is 4.74 Å². The van der Waals surface area contributed by atoms with Crippen LogP contribution >= 0.6 is 0 Å². The van der Waals surface area contributed by atoms with Gasteiger partial charge in [-0.25, -0.2) is 4.39 Å². The molecule has 0 aliphatic carbocycles. The van der Waals surface area contributed by atoms with Crippen LogP contribution in [0.4, 0.5) is 10.1 Å². The highest BCUT2D eigenvalue weighted by molar-refractivity contribution is 5.91. The standard InChI is InChI=1S/C15H12FNO3/c16-12-6-11(9-18)7-14(8-12)20-10-15(19)17-13-4-2-1-3-5-13/h1-9H,10H2,(H,17,19). The topological polar surface area (TPSA) is 55.4 Å². The minimum Gasteiger partial charge on any atom is -0.484 e. The molecule has 0 heterocycles. The second kappa shape index (κ2) is 6.47. The van der Waals surface area contributed by atoms with Gasteiger partial charge >= 0.3 is 0 Å². The maximum absolute atomic E-state index is 13.1.